The highest BCUT2D eigenvalue weighted by atomic mass is 35.5. The third-order valence-electron chi connectivity index (χ3n) is 7.52. The van der Waals surface area contributed by atoms with Gasteiger partial charge in [-0.1, -0.05) is 62.7 Å². The van der Waals surface area contributed by atoms with Crippen molar-refractivity contribution in [2.24, 2.45) is 5.41 Å². The van der Waals surface area contributed by atoms with Crippen LogP contribution >= 0.6 is 11.6 Å². The van der Waals surface area contributed by atoms with Crippen molar-refractivity contribution in [3.05, 3.63) is 64.7 Å². The van der Waals surface area contributed by atoms with Crippen molar-refractivity contribution in [2.75, 3.05) is 11.9 Å². The van der Waals surface area contributed by atoms with E-state index in [0.29, 0.717) is 21.8 Å². The fourth-order valence-corrected chi connectivity index (χ4v) is 5.64. The summed E-state index contributed by atoms with van der Waals surface area (Å²) in [7, 11) is 0. The number of nitrogens with zero attached hydrogens (tertiary/aromatic N) is 2. The molecule has 2 aliphatic heterocycles. The zero-order valence-corrected chi connectivity index (χ0v) is 23.8. The van der Waals surface area contributed by atoms with Gasteiger partial charge >= 0.3 is 12.1 Å². The molecule has 2 unspecified atom stereocenters. The molecule has 1 fully saturated rings. The predicted molar refractivity (Wildman–Crippen MR) is 147 cm³/mol. The lowest BCUT2D eigenvalue weighted by atomic mass is 9.80. The van der Waals surface area contributed by atoms with Gasteiger partial charge in [0.1, 0.15) is 18.1 Å². The van der Waals surface area contributed by atoms with Crippen molar-refractivity contribution < 1.29 is 32.3 Å². The summed E-state index contributed by atoms with van der Waals surface area (Å²) in [5.74, 6) is -4.39. The Bertz CT molecular complexity index is 1470. The van der Waals surface area contributed by atoms with E-state index in [1.54, 1.807) is 53.8 Å². The van der Waals surface area contributed by atoms with Crippen molar-refractivity contribution in [1.29, 1.82) is 5.26 Å². The quantitative estimate of drug-likeness (QED) is 0.465. The number of para-hydroxylation sites is 1. The number of likely N-dealkylation sites (tertiary alicyclic amines) is 1. The number of carbonyl (C=O) groups excluding carboxylic acids is 4. The average Bonchev–Trinajstić information content (AvgIpc) is 3.43. The highest BCUT2D eigenvalue weighted by molar-refractivity contribution is 6.30. The first-order valence-corrected chi connectivity index (χ1v) is 13.5. The van der Waals surface area contributed by atoms with Gasteiger partial charge in [0.25, 0.3) is 0 Å². The van der Waals surface area contributed by atoms with Gasteiger partial charge in [-0.05, 0) is 34.7 Å². The van der Waals surface area contributed by atoms with Gasteiger partial charge in [0.05, 0.1) is 11.5 Å². The van der Waals surface area contributed by atoms with Crippen LogP contribution < -0.4 is 16.0 Å². The molecule has 2 aromatic carbocycles. The van der Waals surface area contributed by atoms with Crippen LogP contribution in [0.25, 0.3) is 0 Å². The Balaban J connectivity index is 1.67. The van der Waals surface area contributed by atoms with Crippen LogP contribution in [0.1, 0.15) is 38.3 Å². The van der Waals surface area contributed by atoms with Crippen LogP contribution in [0.2, 0.25) is 5.02 Å². The first-order valence-electron chi connectivity index (χ1n) is 13.1. The molecule has 13 heteroatoms. The minimum absolute atomic E-state index is 0.0160. The van der Waals surface area contributed by atoms with E-state index >= 15 is 0 Å². The van der Waals surface area contributed by atoms with Gasteiger partial charge in [-0.25, -0.2) is 0 Å². The molecule has 222 valence electrons. The summed E-state index contributed by atoms with van der Waals surface area (Å²) in [6.45, 7) is 4.25. The number of rotatable bonds is 6. The van der Waals surface area contributed by atoms with Gasteiger partial charge in [0.15, 0.2) is 0 Å². The van der Waals surface area contributed by atoms with E-state index < -0.39 is 52.9 Å². The van der Waals surface area contributed by atoms with E-state index in [0.717, 1.165) is 0 Å². The Morgan fingerprint density at radius 3 is 2.45 bits per heavy atom. The summed E-state index contributed by atoms with van der Waals surface area (Å²) in [6.07, 6.45) is -5.34. The van der Waals surface area contributed by atoms with E-state index in [1.165, 1.54) is 25.7 Å². The van der Waals surface area contributed by atoms with Crippen LogP contribution in [0, 0.1) is 16.7 Å². The van der Waals surface area contributed by atoms with Crippen LogP contribution in [0.3, 0.4) is 0 Å². The summed E-state index contributed by atoms with van der Waals surface area (Å²) >= 11 is 6.12. The second kappa shape index (κ2) is 11.3. The summed E-state index contributed by atoms with van der Waals surface area (Å²) in [5.41, 5.74) is -0.618. The monoisotopic (exact) mass is 603 g/mol. The number of hydrogen-bond acceptors (Lipinski definition) is 5. The molecule has 2 aromatic rings. The molecule has 0 saturated carbocycles. The number of anilines is 1. The minimum atomic E-state index is -5.23. The molecule has 0 aromatic heterocycles. The molecular formula is C29H29ClF3N5O4. The van der Waals surface area contributed by atoms with E-state index in [2.05, 4.69) is 16.7 Å². The lowest BCUT2D eigenvalue weighted by Gasteiger charge is -2.33. The van der Waals surface area contributed by atoms with E-state index in [1.807, 2.05) is 0 Å². The molecule has 0 radical (unpaired) electrons. The van der Waals surface area contributed by atoms with Crippen molar-refractivity contribution in [3.63, 3.8) is 0 Å². The van der Waals surface area contributed by atoms with Gasteiger partial charge in [0.2, 0.25) is 17.7 Å². The zero-order valence-electron chi connectivity index (χ0n) is 23.0. The SMILES string of the molecule is CC(C)(C)C(NC(=O)C(F)(F)F)C(=O)NC(Cc1cccc(Cl)c1)C(=O)N1C[C@]2(C[C@H]1C#N)C(=O)Nc1ccccc12. The molecular weight excluding hydrogens is 575 g/mol. The molecule has 4 amide bonds. The summed E-state index contributed by atoms with van der Waals surface area (Å²) in [4.78, 5) is 53.7. The lowest BCUT2D eigenvalue weighted by Crippen LogP contribution is -2.60. The molecule has 4 rings (SSSR count). The average molecular weight is 604 g/mol. The predicted octanol–water partition coefficient (Wildman–Crippen LogP) is 3.48. The van der Waals surface area contributed by atoms with Crippen LogP contribution in [0.4, 0.5) is 18.9 Å². The van der Waals surface area contributed by atoms with E-state index in [-0.39, 0.29) is 25.3 Å². The summed E-state index contributed by atoms with van der Waals surface area (Å²) in [5, 5.41) is 17.4. The normalized spacial score (nSPS) is 21.2. The summed E-state index contributed by atoms with van der Waals surface area (Å²) in [6, 6.07) is 11.4. The molecule has 4 atom stereocenters. The highest BCUT2D eigenvalue weighted by Crippen LogP contribution is 2.46. The Morgan fingerprint density at radius 1 is 1.14 bits per heavy atom. The van der Waals surface area contributed by atoms with Gasteiger partial charge in [-0.3, -0.25) is 19.2 Å². The smallest absolute Gasteiger partial charge is 0.342 e. The maximum absolute atomic E-state index is 14.1. The molecule has 9 nitrogen and oxygen atoms in total. The maximum atomic E-state index is 14.1. The van der Waals surface area contributed by atoms with Crippen LogP contribution in [0.15, 0.2) is 48.5 Å². The Kier molecular flexibility index (Phi) is 8.29. The van der Waals surface area contributed by atoms with Crippen LogP contribution in [-0.2, 0) is 31.0 Å². The number of amides is 4. The molecule has 2 heterocycles. The largest absolute Gasteiger partial charge is 0.471 e. The number of fused-ring (bicyclic) bond motifs is 2. The molecule has 0 aliphatic carbocycles. The maximum Gasteiger partial charge on any atom is 0.471 e. The fourth-order valence-electron chi connectivity index (χ4n) is 5.43. The Labute approximate surface area is 245 Å². The second-order valence-corrected chi connectivity index (χ2v) is 12.0. The van der Waals surface area contributed by atoms with Gasteiger partial charge < -0.3 is 20.9 Å². The number of alkyl halides is 3. The number of hydrogen-bond donors (Lipinski definition) is 3. The highest BCUT2D eigenvalue weighted by Gasteiger charge is 2.56. The number of carbonyl (C=O) groups is 4. The zero-order chi connectivity index (χ0) is 31.0. The molecule has 0 bridgehead atoms. The molecule has 2 aliphatic rings. The molecule has 1 saturated heterocycles. The number of benzene rings is 2. The van der Waals surface area contributed by atoms with E-state index in [9.17, 15) is 37.6 Å². The molecule has 1 spiro atoms. The fraction of sp³-hybridized carbons (Fsp3) is 0.414. The van der Waals surface area contributed by atoms with E-state index in [4.69, 9.17) is 11.6 Å². The lowest BCUT2D eigenvalue weighted by molar-refractivity contribution is -0.175. The Morgan fingerprint density at radius 2 is 1.83 bits per heavy atom. The second-order valence-electron chi connectivity index (χ2n) is 11.6. The standard InChI is InChI=1S/C29H29ClF3N5O4/c1-27(2,3)22(37-26(42)29(31,32)33)23(39)35-21(12-16-7-6-8-17(30)11-16)24(40)38-15-28(13-18(38)14-34)19-9-4-5-10-20(19)36-25(28)41/h4-11,18,21-22H,12-13,15H2,1-3H3,(H,35,39)(H,36,41)(H,37,42)/t18-,21?,22?,28-/m0/s1. The summed E-state index contributed by atoms with van der Waals surface area (Å²) < 4.78 is 39.2. The van der Waals surface area contributed by atoms with Crippen molar-refractivity contribution in [3.8, 4) is 6.07 Å². The van der Waals surface area contributed by atoms with Crippen molar-refractivity contribution in [1.82, 2.24) is 15.5 Å². The first-order chi connectivity index (χ1) is 19.6. The minimum Gasteiger partial charge on any atom is -0.342 e. The van der Waals surface area contributed by atoms with Gasteiger partial charge in [-0.15, -0.1) is 0 Å². The Hall–Kier alpha value is -4.11. The first kappa shape index (κ1) is 30.8. The third-order valence-corrected chi connectivity index (χ3v) is 7.76. The number of nitriles is 1. The molecule has 42 heavy (non-hydrogen) atoms. The molecule has 3 N–H and O–H groups in total. The van der Waals surface area contributed by atoms with Crippen LogP contribution in [-0.4, -0.2) is 59.4 Å². The van der Waals surface area contributed by atoms with Crippen LogP contribution in [0.5, 0.6) is 0 Å². The topological polar surface area (TPSA) is 131 Å². The van der Waals surface area contributed by atoms with Gasteiger partial charge in [-0.2, -0.15) is 18.4 Å². The van der Waals surface area contributed by atoms with Crippen molar-refractivity contribution >= 4 is 40.9 Å². The number of nitrogens with one attached hydrogen (secondary N) is 3. The van der Waals surface area contributed by atoms with Gasteiger partial charge in [0, 0.05) is 30.1 Å². The van der Waals surface area contributed by atoms with Crippen molar-refractivity contribution in [2.45, 2.75) is 63.3 Å². The third kappa shape index (κ3) is 6.06. The number of halogens is 4.